The monoisotopic (exact) mass is 789 g/mol. The lowest BCUT2D eigenvalue weighted by Crippen LogP contribution is -2.48. The molecular formula is C42H29F6NO6S. The highest BCUT2D eigenvalue weighted by Gasteiger charge is 2.80. The summed E-state index contributed by atoms with van der Waals surface area (Å²) in [7, 11) is 0. The number of carbonyl (C=O) groups is 3. The van der Waals surface area contributed by atoms with Crippen molar-refractivity contribution in [1.29, 1.82) is 0 Å². The van der Waals surface area contributed by atoms with Gasteiger partial charge >= 0.3 is 23.7 Å². The van der Waals surface area contributed by atoms with Gasteiger partial charge in [0.1, 0.15) is 18.0 Å². The number of thiophene rings is 1. The van der Waals surface area contributed by atoms with Crippen molar-refractivity contribution < 1.29 is 54.6 Å². The number of fused-ring (bicyclic) bond motifs is 1. The first-order valence-electron chi connectivity index (χ1n) is 17.4. The Balaban J connectivity index is 0.939. The number of esters is 1. The molecule has 0 saturated carbocycles. The summed E-state index contributed by atoms with van der Waals surface area (Å²) in [4.78, 5) is 40.4. The van der Waals surface area contributed by atoms with Crippen LogP contribution in [-0.2, 0) is 9.47 Å². The van der Waals surface area contributed by atoms with Gasteiger partial charge in [-0.3, -0.25) is 14.5 Å². The highest BCUT2D eigenvalue weighted by molar-refractivity contribution is 7.15. The summed E-state index contributed by atoms with van der Waals surface area (Å²) >= 11 is 0.945. The highest BCUT2D eigenvalue weighted by Crippen LogP contribution is 2.66. The van der Waals surface area contributed by atoms with E-state index in [-0.39, 0.29) is 53.5 Å². The average molecular weight is 790 g/mol. The molecule has 2 amide bonds. The standard InChI is InChI=1S/C42H29F6NO6S/c1-22-33(27-9-3-4-12-31(27)55-22)36-35(40(43,44)42(47,48)41(36,45)46)30-21-32(56-23(30)2)24-13-15-26(16-14-24)39(52)54-20-19-53-18-17-49-37(50)28-10-5-7-25-8-6-11-29(34(25)28)38(49)51/h3-16,21H,17-20H2,1-2H3. The van der Waals surface area contributed by atoms with Crippen molar-refractivity contribution in [3.63, 3.8) is 0 Å². The summed E-state index contributed by atoms with van der Waals surface area (Å²) in [6.45, 7) is 2.46. The van der Waals surface area contributed by atoms with Crippen LogP contribution in [0.2, 0.25) is 0 Å². The van der Waals surface area contributed by atoms with E-state index < -0.39 is 57.8 Å². The molecule has 0 atom stereocenters. The molecule has 286 valence electrons. The minimum Gasteiger partial charge on any atom is -0.461 e. The van der Waals surface area contributed by atoms with Gasteiger partial charge in [0.15, 0.2) is 0 Å². The molecule has 2 aromatic heterocycles. The molecule has 0 unspecified atom stereocenters. The number of halogens is 6. The topological polar surface area (TPSA) is 86.1 Å². The molecule has 3 heterocycles. The Bertz CT molecular complexity index is 2570. The molecule has 0 fully saturated rings. The van der Waals surface area contributed by atoms with Crippen LogP contribution in [0.25, 0.3) is 43.3 Å². The maximum atomic E-state index is 15.6. The second-order valence-electron chi connectivity index (χ2n) is 13.4. The van der Waals surface area contributed by atoms with E-state index in [1.54, 1.807) is 30.3 Å². The Morgan fingerprint density at radius 2 is 1.39 bits per heavy atom. The number of carbonyl (C=O) groups excluding carboxylic acids is 3. The molecule has 56 heavy (non-hydrogen) atoms. The summed E-state index contributed by atoms with van der Waals surface area (Å²) in [6.07, 6.45) is 0. The van der Waals surface area contributed by atoms with Gasteiger partial charge in [-0.05, 0) is 66.8 Å². The SMILES string of the molecule is Cc1oc2ccccc2c1C1=C(c2cc(-c3ccc(C(=O)OCCOCCN4C(=O)c5cccc6cccc(c56)C4=O)cc3)sc2C)C(F)(F)C(F)(F)C1(F)F. The number of allylic oxidation sites excluding steroid dienone is 2. The van der Waals surface area contributed by atoms with Gasteiger partial charge in [0.25, 0.3) is 11.8 Å². The van der Waals surface area contributed by atoms with Crippen molar-refractivity contribution in [1.82, 2.24) is 4.90 Å². The number of amides is 2. The molecule has 2 aliphatic rings. The van der Waals surface area contributed by atoms with Crippen LogP contribution in [0.1, 0.15) is 52.8 Å². The minimum atomic E-state index is -5.73. The highest BCUT2D eigenvalue weighted by atomic mass is 32.1. The number of nitrogens with zero attached hydrogens (tertiary/aromatic N) is 1. The van der Waals surface area contributed by atoms with Crippen molar-refractivity contribution in [3.05, 3.63) is 129 Å². The first-order chi connectivity index (χ1) is 26.6. The van der Waals surface area contributed by atoms with E-state index >= 15 is 26.3 Å². The van der Waals surface area contributed by atoms with Gasteiger partial charge in [-0.25, -0.2) is 4.79 Å². The van der Waals surface area contributed by atoms with Gasteiger partial charge in [0.05, 0.1) is 25.3 Å². The number of hydrogen-bond donors (Lipinski definition) is 0. The van der Waals surface area contributed by atoms with Crippen LogP contribution in [0.3, 0.4) is 0 Å². The van der Waals surface area contributed by atoms with E-state index in [0.29, 0.717) is 27.0 Å². The Labute approximate surface area is 318 Å². The summed E-state index contributed by atoms with van der Waals surface area (Å²) in [6, 6.07) is 23.3. The molecule has 0 saturated heterocycles. The number of furan rings is 1. The van der Waals surface area contributed by atoms with E-state index in [0.717, 1.165) is 21.6 Å². The summed E-state index contributed by atoms with van der Waals surface area (Å²) in [5.41, 5.74) is -2.42. The van der Waals surface area contributed by atoms with Gasteiger partial charge in [-0.15, -0.1) is 11.3 Å². The molecular weight excluding hydrogens is 761 g/mol. The third kappa shape index (κ3) is 5.64. The van der Waals surface area contributed by atoms with Crippen LogP contribution >= 0.6 is 11.3 Å². The zero-order valence-corrected chi connectivity index (χ0v) is 30.4. The molecule has 7 nitrogen and oxygen atoms in total. The summed E-state index contributed by atoms with van der Waals surface area (Å²) in [5.74, 6) is -18.0. The van der Waals surface area contributed by atoms with Crippen molar-refractivity contribution in [2.45, 2.75) is 31.6 Å². The predicted octanol–water partition coefficient (Wildman–Crippen LogP) is 10.2. The van der Waals surface area contributed by atoms with E-state index in [2.05, 4.69) is 0 Å². The largest absolute Gasteiger partial charge is 0.461 e. The molecule has 1 aliphatic heterocycles. The van der Waals surface area contributed by atoms with Crippen molar-refractivity contribution in [3.8, 4) is 10.4 Å². The van der Waals surface area contributed by atoms with Crippen LogP contribution in [0.5, 0.6) is 0 Å². The normalized spacial score (nSPS) is 17.0. The number of benzene rings is 4. The summed E-state index contributed by atoms with van der Waals surface area (Å²) in [5, 5.41) is 1.42. The second-order valence-corrected chi connectivity index (χ2v) is 14.6. The first kappa shape index (κ1) is 37.2. The van der Waals surface area contributed by atoms with E-state index in [1.807, 2.05) is 12.1 Å². The number of aryl methyl sites for hydroxylation is 2. The van der Waals surface area contributed by atoms with Gasteiger partial charge in [0, 0.05) is 48.4 Å². The third-order valence-electron chi connectivity index (χ3n) is 10.1. The fourth-order valence-electron chi connectivity index (χ4n) is 7.35. The van der Waals surface area contributed by atoms with Crippen LogP contribution < -0.4 is 0 Å². The van der Waals surface area contributed by atoms with Crippen LogP contribution in [0, 0.1) is 13.8 Å². The zero-order chi connectivity index (χ0) is 39.7. The van der Waals surface area contributed by atoms with Gasteiger partial charge in [-0.2, -0.15) is 26.3 Å². The van der Waals surface area contributed by atoms with E-state index in [1.165, 1.54) is 62.4 Å². The van der Waals surface area contributed by atoms with E-state index in [9.17, 15) is 14.4 Å². The van der Waals surface area contributed by atoms with Gasteiger partial charge in [0.2, 0.25) is 0 Å². The maximum Gasteiger partial charge on any atom is 0.380 e. The van der Waals surface area contributed by atoms with Crippen molar-refractivity contribution in [2.75, 3.05) is 26.4 Å². The zero-order valence-electron chi connectivity index (χ0n) is 29.6. The Morgan fingerprint density at radius 3 is 2.07 bits per heavy atom. The predicted molar refractivity (Wildman–Crippen MR) is 198 cm³/mol. The summed E-state index contributed by atoms with van der Waals surface area (Å²) < 4.78 is 109. The number of rotatable bonds is 10. The number of hydrogen-bond acceptors (Lipinski definition) is 7. The van der Waals surface area contributed by atoms with Gasteiger partial charge < -0.3 is 13.9 Å². The van der Waals surface area contributed by atoms with Crippen molar-refractivity contribution >= 4 is 62.0 Å². The van der Waals surface area contributed by atoms with Crippen molar-refractivity contribution in [2.24, 2.45) is 0 Å². The molecule has 8 rings (SSSR count). The van der Waals surface area contributed by atoms with Gasteiger partial charge in [-0.1, -0.05) is 54.6 Å². The molecule has 0 N–H and O–H groups in total. The smallest absolute Gasteiger partial charge is 0.380 e. The van der Waals surface area contributed by atoms with Crippen LogP contribution in [-0.4, -0.2) is 66.8 Å². The number of imide groups is 1. The van der Waals surface area contributed by atoms with Crippen LogP contribution in [0.15, 0.2) is 95.4 Å². The van der Waals surface area contributed by atoms with Crippen LogP contribution in [0.4, 0.5) is 26.3 Å². The maximum absolute atomic E-state index is 15.6. The molecule has 4 aromatic carbocycles. The molecule has 14 heteroatoms. The Kier molecular flexibility index (Phi) is 8.96. The fraction of sp³-hybridized carbons (Fsp3) is 0.214. The quantitative estimate of drug-likeness (QED) is 0.0595. The fourth-order valence-corrected chi connectivity index (χ4v) is 8.38. The minimum absolute atomic E-state index is 0.00196. The lowest BCUT2D eigenvalue weighted by Gasteiger charge is -2.27. The van der Waals surface area contributed by atoms with E-state index in [4.69, 9.17) is 13.9 Å². The molecule has 0 radical (unpaired) electrons. The third-order valence-corrected chi connectivity index (χ3v) is 11.2. The Hall–Kier alpha value is -5.73. The number of alkyl halides is 6. The number of para-hydroxylation sites is 1. The second kappa shape index (κ2) is 13.5. The first-order valence-corrected chi connectivity index (χ1v) is 18.2. The lowest BCUT2D eigenvalue weighted by atomic mass is 9.93. The molecule has 6 aromatic rings. The number of ether oxygens (including phenoxy) is 2. The molecule has 0 spiro atoms. The Morgan fingerprint density at radius 1 is 0.750 bits per heavy atom. The average Bonchev–Trinajstić information content (AvgIpc) is 3.75. The molecule has 0 bridgehead atoms. The molecule has 1 aliphatic carbocycles. The lowest BCUT2D eigenvalue weighted by molar-refractivity contribution is -0.254.